The summed E-state index contributed by atoms with van der Waals surface area (Å²) in [7, 11) is 0. The predicted octanol–water partition coefficient (Wildman–Crippen LogP) is 2.76. The van der Waals surface area contributed by atoms with Crippen molar-refractivity contribution in [2.75, 3.05) is 0 Å². The van der Waals surface area contributed by atoms with E-state index >= 15 is 0 Å². The smallest absolute Gasteiger partial charge is 0.0715 e. The molecule has 0 aromatic carbocycles. The summed E-state index contributed by atoms with van der Waals surface area (Å²) in [5.74, 6) is 0.687. The molecular weight excluding hydrogens is 200 g/mol. The first-order valence-corrected chi connectivity index (χ1v) is 6.57. The van der Waals surface area contributed by atoms with E-state index in [1.165, 1.54) is 50.6 Å². The molecule has 0 saturated heterocycles. The van der Waals surface area contributed by atoms with Gasteiger partial charge in [0.25, 0.3) is 0 Å². The summed E-state index contributed by atoms with van der Waals surface area (Å²) in [6.45, 7) is 0.151. The Morgan fingerprint density at radius 2 is 1.94 bits per heavy atom. The topological polar surface area (TPSA) is 38.1 Å². The first kappa shape index (κ1) is 10.3. The van der Waals surface area contributed by atoms with Crippen molar-refractivity contribution in [3.8, 4) is 0 Å². The van der Waals surface area contributed by atoms with Gasteiger partial charge in [0.05, 0.1) is 18.8 Å². The standard InChI is InChI=1S/C13H20N2O/c16-9-11-8-14-15(13(11)10-6-7-10)12-4-2-1-3-5-12/h8,10,12,16H,1-7,9H2. The van der Waals surface area contributed by atoms with Crippen LogP contribution in [0.4, 0.5) is 0 Å². The lowest BCUT2D eigenvalue weighted by atomic mass is 9.95. The molecule has 0 atom stereocenters. The van der Waals surface area contributed by atoms with Crippen LogP contribution in [0.2, 0.25) is 0 Å². The Bertz CT molecular complexity index is 362. The second kappa shape index (κ2) is 4.21. The van der Waals surface area contributed by atoms with E-state index in [0.717, 1.165) is 5.56 Å². The maximum atomic E-state index is 9.35. The molecule has 16 heavy (non-hydrogen) atoms. The van der Waals surface area contributed by atoms with Crippen LogP contribution < -0.4 is 0 Å². The van der Waals surface area contributed by atoms with E-state index in [1.54, 1.807) is 0 Å². The van der Waals surface area contributed by atoms with Crippen molar-refractivity contribution >= 4 is 0 Å². The average molecular weight is 220 g/mol. The highest BCUT2D eigenvalue weighted by Gasteiger charge is 2.32. The van der Waals surface area contributed by atoms with Gasteiger partial charge in [0.15, 0.2) is 0 Å². The van der Waals surface area contributed by atoms with E-state index < -0.39 is 0 Å². The van der Waals surface area contributed by atoms with Gasteiger partial charge in [0.1, 0.15) is 0 Å². The summed E-state index contributed by atoms with van der Waals surface area (Å²) in [6.07, 6.45) is 11.0. The van der Waals surface area contributed by atoms with Crippen molar-refractivity contribution in [3.63, 3.8) is 0 Å². The molecule has 0 aliphatic heterocycles. The summed E-state index contributed by atoms with van der Waals surface area (Å²) >= 11 is 0. The Hall–Kier alpha value is -0.830. The zero-order valence-corrected chi connectivity index (χ0v) is 9.73. The number of rotatable bonds is 3. The normalized spacial score (nSPS) is 22.6. The molecule has 2 saturated carbocycles. The lowest BCUT2D eigenvalue weighted by molar-refractivity contribution is 0.278. The Labute approximate surface area is 96.5 Å². The third-order valence-electron chi connectivity index (χ3n) is 3.97. The molecule has 88 valence electrons. The highest BCUT2D eigenvalue weighted by molar-refractivity contribution is 5.25. The van der Waals surface area contributed by atoms with Gasteiger partial charge in [-0.05, 0) is 25.7 Å². The Kier molecular flexibility index (Phi) is 2.72. The molecule has 1 aromatic rings. The van der Waals surface area contributed by atoms with Gasteiger partial charge in [-0.3, -0.25) is 4.68 Å². The van der Waals surface area contributed by atoms with Crippen LogP contribution in [0, 0.1) is 0 Å². The number of aliphatic hydroxyl groups excluding tert-OH is 1. The lowest BCUT2D eigenvalue weighted by Gasteiger charge is -2.24. The molecule has 0 radical (unpaired) electrons. The third-order valence-corrected chi connectivity index (χ3v) is 3.97. The summed E-state index contributed by atoms with van der Waals surface area (Å²) in [5, 5.41) is 13.9. The minimum Gasteiger partial charge on any atom is -0.392 e. The minimum atomic E-state index is 0.151. The number of aliphatic hydroxyl groups is 1. The van der Waals surface area contributed by atoms with Crippen LogP contribution in [-0.4, -0.2) is 14.9 Å². The Balaban J connectivity index is 1.89. The molecule has 1 N–H and O–H groups in total. The van der Waals surface area contributed by atoms with Crippen LogP contribution in [0.25, 0.3) is 0 Å². The highest BCUT2D eigenvalue weighted by Crippen LogP contribution is 2.43. The van der Waals surface area contributed by atoms with Crippen molar-refractivity contribution in [1.29, 1.82) is 0 Å². The van der Waals surface area contributed by atoms with Gasteiger partial charge in [-0.15, -0.1) is 0 Å². The fourth-order valence-electron chi connectivity index (χ4n) is 2.95. The minimum absolute atomic E-state index is 0.151. The zero-order chi connectivity index (χ0) is 11.0. The number of hydrogen-bond donors (Lipinski definition) is 1. The zero-order valence-electron chi connectivity index (χ0n) is 9.73. The van der Waals surface area contributed by atoms with Crippen molar-refractivity contribution < 1.29 is 5.11 Å². The van der Waals surface area contributed by atoms with E-state index in [0.29, 0.717) is 12.0 Å². The van der Waals surface area contributed by atoms with Gasteiger partial charge in [0, 0.05) is 17.2 Å². The van der Waals surface area contributed by atoms with Gasteiger partial charge < -0.3 is 5.11 Å². The second-order valence-corrected chi connectivity index (χ2v) is 5.22. The van der Waals surface area contributed by atoms with Crippen LogP contribution in [0.1, 0.15) is 68.2 Å². The Morgan fingerprint density at radius 1 is 1.19 bits per heavy atom. The molecule has 0 spiro atoms. The molecule has 1 aromatic heterocycles. The molecule has 3 nitrogen and oxygen atoms in total. The SMILES string of the molecule is OCc1cnn(C2CCCCC2)c1C1CC1. The molecule has 1 heterocycles. The third kappa shape index (κ3) is 1.77. The average Bonchev–Trinajstić information content (AvgIpc) is 3.09. The fourth-order valence-corrected chi connectivity index (χ4v) is 2.95. The number of hydrogen-bond acceptors (Lipinski definition) is 2. The van der Waals surface area contributed by atoms with Crippen molar-refractivity contribution in [1.82, 2.24) is 9.78 Å². The number of aromatic nitrogens is 2. The van der Waals surface area contributed by atoms with Gasteiger partial charge in [0.2, 0.25) is 0 Å². The van der Waals surface area contributed by atoms with Crippen LogP contribution in [0.3, 0.4) is 0 Å². The van der Waals surface area contributed by atoms with Crippen molar-refractivity contribution in [3.05, 3.63) is 17.5 Å². The van der Waals surface area contributed by atoms with E-state index in [4.69, 9.17) is 0 Å². The maximum Gasteiger partial charge on any atom is 0.0715 e. The first-order chi connectivity index (χ1) is 7.90. The molecule has 2 aliphatic rings. The van der Waals surface area contributed by atoms with Gasteiger partial charge in [-0.2, -0.15) is 5.10 Å². The van der Waals surface area contributed by atoms with Crippen molar-refractivity contribution in [2.45, 2.75) is 63.5 Å². The number of nitrogens with zero attached hydrogens (tertiary/aromatic N) is 2. The molecule has 3 heteroatoms. The van der Waals surface area contributed by atoms with E-state index in [-0.39, 0.29) is 6.61 Å². The summed E-state index contributed by atoms with van der Waals surface area (Å²) in [6, 6.07) is 0.602. The van der Waals surface area contributed by atoms with Crippen LogP contribution >= 0.6 is 0 Å². The molecule has 2 aliphatic carbocycles. The predicted molar refractivity (Wildman–Crippen MR) is 62.2 cm³/mol. The van der Waals surface area contributed by atoms with Gasteiger partial charge in [-0.25, -0.2) is 0 Å². The van der Waals surface area contributed by atoms with Crippen LogP contribution in [0.15, 0.2) is 6.20 Å². The Morgan fingerprint density at radius 3 is 2.56 bits per heavy atom. The summed E-state index contributed by atoms with van der Waals surface area (Å²) in [5.41, 5.74) is 2.41. The molecule has 0 amide bonds. The molecule has 2 fully saturated rings. The second-order valence-electron chi connectivity index (χ2n) is 5.22. The molecule has 0 bridgehead atoms. The van der Waals surface area contributed by atoms with Crippen molar-refractivity contribution in [2.24, 2.45) is 0 Å². The quantitative estimate of drug-likeness (QED) is 0.850. The van der Waals surface area contributed by atoms with E-state index in [1.807, 2.05) is 6.20 Å². The van der Waals surface area contributed by atoms with Gasteiger partial charge in [-0.1, -0.05) is 19.3 Å². The molecule has 3 rings (SSSR count). The largest absolute Gasteiger partial charge is 0.392 e. The van der Waals surface area contributed by atoms with Crippen LogP contribution in [-0.2, 0) is 6.61 Å². The summed E-state index contributed by atoms with van der Waals surface area (Å²) in [4.78, 5) is 0. The van der Waals surface area contributed by atoms with Gasteiger partial charge >= 0.3 is 0 Å². The molecular formula is C13H20N2O. The highest BCUT2D eigenvalue weighted by atomic mass is 16.3. The first-order valence-electron chi connectivity index (χ1n) is 6.57. The molecule has 0 unspecified atom stereocenters. The van der Waals surface area contributed by atoms with E-state index in [9.17, 15) is 5.11 Å². The summed E-state index contributed by atoms with van der Waals surface area (Å²) < 4.78 is 2.24. The van der Waals surface area contributed by atoms with Crippen LogP contribution in [0.5, 0.6) is 0 Å². The maximum absolute atomic E-state index is 9.35. The lowest BCUT2D eigenvalue weighted by Crippen LogP contribution is -2.16. The monoisotopic (exact) mass is 220 g/mol. The fraction of sp³-hybridized carbons (Fsp3) is 0.769. The van der Waals surface area contributed by atoms with E-state index in [2.05, 4.69) is 9.78 Å².